The molecule has 2 N–H and O–H groups in total. The second-order valence-electron chi connectivity index (χ2n) is 5.58. The molecule has 0 aliphatic rings. The van der Waals surface area contributed by atoms with E-state index in [1.54, 1.807) is 19.1 Å². The highest BCUT2D eigenvalue weighted by atomic mass is 19.1. The molecule has 0 aliphatic heterocycles. The van der Waals surface area contributed by atoms with Gasteiger partial charge in [-0.2, -0.15) is 5.10 Å². The van der Waals surface area contributed by atoms with Gasteiger partial charge in [-0.15, -0.1) is 0 Å². The van der Waals surface area contributed by atoms with E-state index < -0.39 is 12.0 Å². The number of anilines is 1. The molecule has 2 aromatic carbocycles. The Morgan fingerprint density at radius 1 is 1.12 bits per heavy atom. The molecule has 2 rings (SSSR count). The van der Waals surface area contributed by atoms with Crippen molar-refractivity contribution in [3.05, 3.63) is 66.0 Å². The van der Waals surface area contributed by atoms with E-state index in [0.717, 1.165) is 0 Å². The number of amides is 2. The lowest BCUT2D eigenvalue weighted by Crippen LogP contribution is -2.28. The Morgan fingerprint density at radius 3 is 2.38 bits per heavy atom. The molecule has 0 aliphatic carbocycles. The van der Waals surface area contributed by atoms with Gasteiger partial charge in [0.2, 0.25) is 5.91 Å². The summed E-state index contributed by atoms with van der Waals surface area (Å²) in [5.74, 6) is -1.13. The zero-order valence-corrected chi connectivity index (χ0v) is 14.5. The second kappa shape index (κ2) is 9.43. The smallest absolute Gasteiger partial charge is 0.273 e. The summed E-state index contributed by atoms with van der Waals surface area (Å²) in [5.41, 5.74) is 4.01. The average molecular weight is 357 g/mol. The summed E-state index contributed by atoms with van der Waals surface area (Å²) in [4.78, 5) is 24.1. The first-order valence-corrected chi connectivity index (χ1v) is 7.95. The Balaban J connectivity index is 1.89. The molecular weight excluding hydrogens is 337 g/mol. The van der Waals surface area contributed by atoms with E-state index in [-0.39, 0.29) is 18.1 Å². The predicted octanol–water partition coefficient (Wildman–Crippen LogP) is 3.03. The number of carbonyl (C=O) groups is 2. The van der Waals surface area contributed by atoms with Crippen molar-refractivity contribution in [1.82, 2.24) is 5.43 Å². The highest BCUT2D eigenvalue weighted by Crippen LogP contribution is 2.16. The number of hydrogen-bond acceptors (Lipinski definition) is 4. The van der Waals surface area contributed by atoms with Crippen molar-refractivity contribution in [1.29, 1.82) is 0 Å². The molecular formula is C19H20FN3O3. The number of carbonyl (C=O) groups excluding carboxylic acids is 2. The lowest BCUT2D eigenvalue weighted by molar-refractivity contribution is -0.131. The van der Waals surface area contributed by atoms with Crippen LogP contribution in [0.1, 0.15) is 25.0 Å². The van der Waals surface area contributed by atoms with Crippen LogP contribution in [-0.2, 0) is 14.3 Å². The number of nitrogens with zero attached hydrogens (tertiary/aromatic N) is 1. The van der Waals surface area contributed by atoms with Crippen LogP contribution in [0.15, 0.2) is 59.7 Å². The SMILES string of the molecule is COC(C(=O)N/N=C(\C)CC(=O)Nc1ccc(F)cc1)c1ccccc1. The third kappa shape index (κ3) is 5.78. The fraction of sp³-hybridized carbons (Fsp3) is 0.211. The minimum atomic E-state index is -0.791. The van der Waals surface area contributed by atoms with E-state index in [9.17, 15) is 14.0 Å². The number of ether oxygens (including phenoxy) is 1. The van der Waals surface area contributed by atoms with Crippen molar-refractivity contribution < 1.29 is 18.7 Å². The lowest BCUT2D eigenvalue weighted by Gasteiger charge is -2.14. The van der Waals surface area contributed by atoms with Crippen LogP contribution in [-0.4, -0.2) is 24.6 Å². The largest absolute Gasteiger partial charge is 0.367 e. The van der Waals surface area contributed by atoms with Crippen LogP contribution in [0, 0.1) is 5.82 Å². The minimum Gasteiger partial charge on any atom is -0.367 e. The monoisotopic (exact) mass is 357 g/mol. The Labute approximate surface area is 151 Å². The third-order valence-electron chi connectivity index (χ3n) is 3.48. The topological polar surface area (TPSA) is 79.8 Å². The standard InChI is InChI=1S/C19H20FN3O3/c1-13(12-17(24)21-16-10-8-15(20)9-11-16)22-23-19(25)18(26-2)14-6-4-3-5-7-14/h3-11,18H,12H2,1-2H3,(H,21,24)(H,23,25)/b22-13+. The number of hydrazone groups is 1. The number of halogens is 1. The highest BCUT2D eigenvalue weighted by Gasteiger charge is 2.19. The van der Waals surface area contributed by atoms with Crippen LogP contribution in [0.4, 0.5) is 10.1 Å². The van der Waals surface area contributed by atoms with Crippen molar-refractivity contribution in [3.63, 3.8) is 0 Å². The fourth-order valence-corrected chi connectivity index (χ4v) is 2.24. The van der Waals surface area contributed by atoms with Gasteiger partial charge in [0.25, 0.3) is 5.91 Å². The molecule has 1 unspecified atom stereocenters. The van der Waals surface area contributed by atoms with E-state index in [2.05, 4.69) is 15.8 Å². The van der Waals surface area contributed by atoms with Crippen LogP contribution >= 0.6 is 0 Å². The van der Waals surface area contributed by atoms with E-state index in [4.69, 9.17) is 4.74 Å². The van der Waals surface area contributed by atoms with Crippen molar-refractivity contribution in [3.8, 4) is 0 Å². The highest BCUT2D eigenvalue weighted by molar-refractivity contribution is 6.05. The van der Waals surface area contributed by atoms with Gasteiger partial charge in [0.1, 0.15) is 5.82 Å². The zero-order valence-electron chi connectivity index (χ0n) is 14.5. The summed E-state index contributed by atoms with van der Waals surface area (Å²) in [6, 6.07) is 14.5. The maximum atomic E-state index is 12.8. The first-order chi connectivity index (χ1) is 12.5. The molecule has 0 bridgehead atoms. The quantitative estimate of drug-likeness (QED) is 0.590. The molecule has 0 spiro atoms. The maximum Gasteiger partial charge on any atom is 0.273 e. The molecule has 0 fully saturated rings. The number of methoxy groups -OCH3 is 1. The Hall–Kier alpha value is -3.06. The van der Waals surface area contributed by atoms with Crippen molar-refractivity contribution in [2.24, 2.45) is 5.10 Å². The molecule has 6 nitrogen and oxygen atoms in total. The van der Waals surface area contributed by atoms with Gasteiger partial charge < -0.3 is 10.1 Å². The average Bonchev–Trinajstić information content (AvgIpc) is 2.63. The van der Waals surface area contributed by atoms with Crippen molar-refractivity contribution in [2.75, 3.05) is 12.4 Å². The van der Waals surface area contributed by atoms with Crippen LogP contribution < -0.4 is 10.7 Å². The molecule has 0 saturated carbocycles. The van der Waals surface area contributed by atoms with Gasteiger partial charge in [0, 0.05) is 18.5 Å². The van der Waals surface area contributed by atoms with Gasteiger partial charge in [0.15, 0.2) is 6.10 Å². The normalized spacial score (nSPS) is 12.3. The van der Waals surface area contributed by atoms with Gasteiger partial charge in [-0.1, -0.05) is 30.3 Å². The summed E-state index contributed by atoms with van der Waals surface area (Å²) in [6.45, 7) is 1.62. The van der Waals surface area contributed by atoms with Crippen LogP contribution in [0.5, 0.6) is 0 Å². The lowest BCUT2D eigenvalue weighted by atomic mass is 10.1. The van der Waals surface area contributed by atoms with Gasteiger partial charge in [-0.3, -0.25) is 9.59 Å². The summed E-state index contributed by atoms with van der Waals surface area (Å²) in [6.07, 6.45) is -0.804. The number of rotatable bonds is 7. The third-order valence-corrected chi connectivity index (χ3v) is 3.48. The van der Waals surface area contributed by atoms with Gasteiger partial charge >= 0.3 is 0 Å². The molecule has 0 saturated heterocycles. The molecule has 136 valence electrons. The molecule has 1 atom stereocenters. The van der Waals surface area contributed by atoms with E-state index in [1.807, 2.05) is 18.2 Å². The minimum absolute atomic E-state index is 0.0133. The molecule has 0 aromatic heterocycles. The van der Waals surface area contributed by atoms with Crippen LogP contribution in [0.2, 0.25) is 0 Å². The Kier molecular flexibility index (Phi) is 6.99. The summed E-state index contributed by atoms with van der Waals surface area (Å²) >= 11 is 0. The molecule has 0 heterocycles. The maximum absolute atomic E-state index is 12.8. The van der Waals surface area contributed by atoms with Gasteiger partial charge in [0.05, 0.1) is 6.42 Å². The van der Waals surface area contributed by atoms with E-state index >= 15 is 0 Å². The van der Waals surface area contributed by atoms with Gasteiger partial charge in [-0.05, 0) is 36.8 Å². The second-order valence-corrected chi connectivity index (χ2v) is 5.58. The number of hydrogen-bond donors (Lipinski definition) is 2. The molecule has 7 heteroatoms. The molecule has 26 heavy (non-hydrogen) atoms. The van der Waals surface area contributed by atoms with E-state index in [0.29, 0.717) is 17.0 Å². The van der Waals surface area contributed by atoms with Crippen molar-refractivity contribution >= 4 is 23.2 Å². The van der Waals surface area contributed by atoms with Crippen LogP contribution in [0.25, 0.3) is 0 Å². The Morgan fingerprint density at radius 2 is 1.77 bits per heavy atom. The van der Waals surface area contributed by atoms with Gasteiger partial charge in [-0.25, -0.2) is 9.82 Å². The summed E-state index contributed by atoms with van der Waals surface area (Å²) in [5, 5.41) is 6.55. The summed E-state index contributed by atoms with van der Waals surface area (Å²) < 4.78 is 18.1. The first-order valence-electron chi connectivity index (χ1n) is 7.95. The van der Waals surface area contributed by atoms with E-state index in [1.165, 1.54) is 31.4 Å². The zero-order chi connectivity index (χ0) is 18.9. The fourth-order valence-electron chi connectivity index (χ4n) is 2.24. The van der Waals surface area contributed by atoms with Crippen molar-refractivity contribution in [2.45, 2.75) is 19.4 Å². The molecule has 2 aromatic rings. The first kappa shape index (κ1) is 19.3. The molecule has 2 amide bonds. The predicted molar refractivity (Wildman–Crippen MR) is 97.1 cm³/mol. The Bertz CT molecular complexity index is 776. The number of benzene rings is 2. The molecule has 0 radical (unpaired) electrons. The van der Waals surface area contributed by atoms with Crippen LogP contribution in [0.3, 0.4) is 0 Å². The number of nitrogens with one attached hydrogen (secondary N) is 2. The summed E-state index contributed by atoms with van der Waals surface area (Å²) in [7, 11) is 1.43.